The van der Waals surface area contributed by atoms with Gasteiger partial charge in [-0.25, -0.2) is 0 Å². The molecule has 1 unspecified atom stereocenters. The first-order chi connectivity index (χ1) is 13.8. The van der Waals surface area contributed by atoms with Crippen molar-refractivity contribution in [2.24, 2.45) is 0 Å². The fraction of sp³-hybridized carbons (Fsp3) is 0.333. The maximum Gasteiger partial charge on any atom is 0.259 e. The molecule has 0 amide bonds. The monoisotopic (exact) mass is 380 g/mol. The minimum Gasteiger partial charge on any atom is -0.468 e. The van der Waals surface area contributed by atoms with Crippen molar-refractivity contribution in [2.75, 3.05) is 24.1 Å². The molecular formula is C18H20N8O2. The van der Waals surface area contributed by atoms with Crippen molar-refractivity contribution < 1.29 is 8.83 Å². The number of fused-ring (bicyclic) bond motifs is 1. The average molecular weight is 380 g/mol. The quantitative estimate of drug-likeness (QED) is 0.517. The van der Waals surface area contributed by atoms with Crippen LogP contribution in [0.5, 0.6) is 0 Å². The lowest BCUT2D eigenvalue weighted by Crippen LogP contribution is -2.34. The lowest BCUT2D eigenvalue weighted by molar-refractivity contribution is 0.233. The van der Waals surface area contributed by atoms with E-state index in [0.29, 0.717) is 29.4 Å². The Morgan fingerprint density at radius 2 is 2.04 bits per heavy atom. The zero-order valence-corrected chi connectivity index (χ0v) is 15.2. The van der Waals surface area contributed by atoms with Gasteiger partial charge in [0.05, 0.1) is 19.1 Å². The minimum atomic E-state index is 0.219. The molecule has 0 radical (unpaired) electrons. The van der Waals surface area contributed by atoms with Crippen molar-refractivity contribution in [1.82, 2.24) is 29.5 Å². The molecule has 5 rings (SSSR count). The maximum atomic E-state index is 6.04. The van der Waals surface area contributed by atoms with Crippen LogP contribution in [0.4, 0.5) is 11.9 Å². The van der Waals surface area contributed by atoms with E-state index in [0.717, 1.165) is 38.2 Å². The lowest BCUT2D eigenvalue weighted by Gasteiger charge is -2.23. The van der Waals surface area contributed by atoms with Crippen molar-refractivity contribution in [1.29, 1.82) is 0 Å². The van der Waals surface area contributed by atoms with Crippen molar-refractivity contribution >= 4 is 17.7 Å². The van der Waals surface area contributed by atoms with E-state index < -0.39 is 0 Å². The van der Waals surface area contributed by atoms with Crippen LogP contribution >= 0.6 is 0 Å². The van der Waals surface area contributed by atoms with Gasteiger partial charge in [0.1, 0.15) is 5.76 Å². The number of nitrogens with zero attached hydrogens (tertiary/aromatic N) is 6. The predicted octanol–water partition coefficient (Wildman–Crippen LogP) is 2.03. The molecule has 1 saturated heterocycles. The van der Waals surface area contributed by atoms with Gasteiger partial charge in [-0.2, -0.15) is 19.5 Å². The summed E-state index contributed by atoms with van der Waals surface area (Å²) in [6.45, 7) is 2.57. The first-order valence-corrected chi connectivity index (χ1v) is 9.21. The van der Waals surface area contributed by atoms with Crippen LogP contribution in [-0.2, 0) is 6.54 Å². The van der Waals surface area contributed by atoms with Crippen LogP contribution in [0.1, 0.15) is 18.6 Å². The van der Waals surface area contributed by atoms with Gasteiger partial charge in [-0.05, 0) is 43.7 Å². The summed E-state index contributed by atoms with van der Waals surface area (Å²) in [4.78, 5) is 15.5. The lowest BCUT2D eigenvalue weighted by atomic mass is 10.2. The van der Waals surface area contributed by atoms with Crippen LogP contribution < -0.4 is 11.1 Å². The first-order valence-electron chi connectivity index (χ1n) is 9.21. The van der Waals surface area contributed by atoms with Gasteiger partial charge in [0.15, 0.2) is 5.76 Å². The third kappa shape index (κ3) is 3.18. The van der Waals surface area contributed by atoms with Crippen LogP contribution in [0.3, 0.4) is 0 Å². The van der Waals surface area contributed by atoms with Crippen molar-refractivity contribution in [2.45, 2.75) is 25.4 Å². The SMILES string of the molecule is Nc1nc(NCC2CCCN2Cc2ccco2)nc2nc(-c3ccco3)nn12. The summed E-state index contributed by atoms with van der Waals surface area (Å²) in [7, 11) is 0. The second-order valence-corrected chi connectivity index (χ2v) is 6.76. The molecule has 144 valence electrons. The molecule has 3 N–H and O–H groups in total. The van der Waals surface area contributed by atoms with Gasteiger partial charge in [-0.1, -0.05) is 0 Å². The van der Waals surface area contributed by atoms with Crippen LogP contribution in [0.25, 0.3) is 17.4 Å². The summed E-state index contributed by atoms with van der Waals surface area (Å²) >= 11 is 0. The minimum absolute atomic E-state index is 0.219. The van der Waals surface area contributed by atoms with Gasteiger partial charge in [0, 0.05) is 12.6 Å². The fourth-order valence-corrected chi connectivity index (χ4v) is 3.54. The van der Waals surface area contributed by atoms with E-state index in [4.69, 9.17) is 14.6 Å². The summed E-state index contributed by atoms with van der Waals surface area (Å²) in [6.07, 6.45) is 5.55. The van der Waals surface area contributed by atoms with Gasteiger partial charge in [0.25, 0.3) is 5.78 Å². The van der Waals surface area contributed by atoms with Gasteiger partial charge < -0.3 is 19.9 Å². The molecule has 0 aromatic carbocycles. The number of likely N-dealkylation sites (tertiary alicyclic amines) is 1. The number of furan rings is 2. The highest BCUT2D eigenvalue weighted by Gasteiger charge is 2.25. The van der Waals surface area contributed by atoms with E-state index in [9.17, 15) is 0 Å². The zero-order chi connectivity index (χ0) is 18.9. The molecule has 0 bridgehead atoms. The molecule has 5 heterocycles. The highest BCUT2D eigenvalue weighted by atomic mass is 16.3. The van der Waals surface area contributed by atoms with Gasteiger partial charge in [-0.3, -0.25) is 4.90 Å². The van der Waals surface area contributed by atoms with Crippen LogP contribution in [0, 0.1) is 0 Å². The van der Waals surface area contributed by atoms with Crippen molar-refractivity contribution in [3.63, 3.8) is 0 Å². The van der Waals surface area contributed by atoms with Crippen molar-refractivity contribution in [3.05, 3.63) is 42.6 Å². The molecule has 0 saturated carbocycles. The Labute approximate surface area is 160 Å². The Balaban J connectivity index is 1.31. The average Bonchev–Trinajstić information content (AvgIpc) is 3.47. The Morgan fingerprint density at radius 3 is 2.86 bits per heavy atom. The molecule has 1 fully saturated rings. The second-order valence-electron chi connectivity index (χ2n) is 6.76. The Kier molecular flexibility index (Phi) is 4.17. The van der Waals surface area contributed by atoms with E-state index in [1.807, 2.05) is 12.1 Å². The van der Waals surface area contributed by atoms with Gasteiger partial charge in [-0.15, -0.1) is 5.10 Å². The number of anilines is 2. The van der Waals surface area contributed by atoms with E-state index >= 15 is 0 Å². The molecule has 0 spiro atoms. The molecule has 10 heteroatoms. The van der Waals surface area contributed by atoms with Gasteiger partial charge >= 0.3 is 0 Å². The molecule has 1 aliphatic rings. The van der Waals surface area contributed by atoms with E-state index in [1.165, 1.54) is 4.52 Å². The van der Waals surface area contributed by atoms with Crippen LogP contribution in [0.15, 0.2) is 45.6 Å². The summed E-state index contributed by atoms with van der Waals surface area (Å²) in [5.74, 6) is 2.98. The number of hydrogen-bond donors (Lipinski definition) is 2. The normalized spacial score (nSPS) is 17.5. The molecular weight excluding hydrogens is 360 g/mol. The van der Waals surface area contributed by atoms with E-state index in [-0.39, 0.29) is 5.95 Å². The zero-order valence-electron chi connectivity index (χ0n) is 15.2. The first kappa shape index (κ1) is 16.8. The smallest absolute Gasteiger partial charge is 0.259 e. The van der Waals surface area contributed by atoms with Crippen molar-refractivity contribution in [3.8, 4) is 11.6 Å². The molecule has 10 nitrogen and oxygen atoms in total. The largest absolute Gasteiger partial charge is 0.468 e. The predicted molar refractivity (Wildman–Crippen MR) is 101 cm³/mol. The Morgan fingerprint density at radius 1 is 1.14 bits per heavy atom. The molecule has 4 aromatic rings. The Bertz CT molecular complexity index is 1060. The van der Waals surface area contributed by atoms with E-state index in [2.05, 4.69) is 30.3 Å². The summed E-state index contributed by atoms with van der Waals surface area (Å²) in [5.41, 5.74) is 6.04. The standard InChI is InChI=1S/C18H20N8O2/c19-16-22-17(23-18-21-15(24-26(16)18)14-6-3-9-28-14)20-10-12-4-1-7-25(12)11-13-5-2-8-27-13/h2-3,5-6,8-9,12H,1,4,7,10-11H2,(H3,19,20,21,22,23,24). The van der Waals surface area contributed by atoms with Gasteiger partial charge in [0.2, 0.25) is 17.7 Å². The molecule has 28 heavy (non-hydrogen) atoms. The molecule has 4 aromatic heterocycles. The topological polar surface area (TPSA) is 124 Å². The summed E-state index contributed by atoms with van der Waals surface area (Å²) < 4.78 is 12.2. The second kappa shape index (κ2) is 6.97. The molecule has 0 aliphatic carbocycles. The summed E-state index contributed by atoms with van der Waals surface area (Å²) in [5, 5.41) is 7.60. The third-order valence-electron chi connectivity index (χ3n) is 4.91. The highest BCUT2D eigenvalue weighted by Crippen LogP contribution is 2.21. The fourth-order valence-electron chi connectivity index (χ4n) is 3.54. The number of nitrogen functional groups attached to an aromatic ring is 1. The number of hydrogen-bond acceptors (Lipinski definition) is 9. The third-order valence-corrected chi connectivity index (χ3v) is 4.91. The molecule has 1 aliphatic heterocycles. The molecule has 1 atom stereocenters. The van der Waals surface area contributed by atoms with Crippen LogP contribution in [0.2, 0.25) is 0 Å². The maximum absolute atomic E-state index is 6.04. The number of nitrogens with one attached hydrogen (secondary N) is 1. The number of aromatic nitrogens is 5. The number of nitrogens with two attached hydrogens (primary N) is 1. The Hall–Kier alpha value is -3.40. The van der Waals surface area contributed by atoms with E-state index in [1.54, 1.807) is 24.7 Å². The number of rotatable bonds is 6. The van der Waals surface area contributed by atoms with Crippen LogP contribution in [-0.4, -0.2) is 48.6 Å². The highest BCUT2D eigenvalue weighted by molar-refractivity contribution is 5.52. The summed E-state index contributed by atoms with van der Waals surface area (Å²) in [6, 6.07) is 7.86.